The molecule has 3 rings (SSSR count). The van der Waals surface area contributed by atoms with Gasteiger partial charge in [-0.15, -0.1) is 0 Å². The Bertz CT molecular complexity index is 804. The van der Waals surface area contributed by atoms with Gasteiger partial charge in [0.15, 0.2) is 5.78 Å². The minimum Gasteiger partial charge on any atom is -0.490 e. The van der Waals surface area contributed by atoms with Crippen LogP contribution in [0.1, 0.15) is 15.9 Å². The summed E-state index contributed by atoms with van der Waals surface area (Å²) in [5.74, 6) is 0.186. The number of allylic oxidation sites excluding steroid dienone is 1. The molecule has 0 saturated carbocycles. The average Bonchev–Trinajstić information content (AvgIpc) is 2.89. The summed E-state index contributed by atoms with van der Waals surface area (Å²) in [5, 5.41) is 2.75. The van der Waals surface area contributed by atoms with Crippen molar-refractivity contribution in [1.29, 1.82) is 0 Å². The molecule has 1 heterocycles. The van der Waals surface area contributed by atoms with Crippen LogP contribution in [0.4, 0.5) is 5.69 Å². The number of benzene rings is 2. The summed E-state index contributed by atoms with van der Waals surface area (Å²) < 4.78 is 5.38. The second-order valence-electron chi connectivity index (χ2n) is 5.05. The van der Waals surface area contributed by atoms with Crippen LogP contribution in [0.2, 0.25) is 0 Å². The zero-order valence-electron chi connectivity index (χ0n) is 12.4. The molecule has 1 N–H and O–H groups in total. The summed E-state index contributed by atoms with van der Waals surface area (Å²) in [6, 6.07) is 14.1. The van der Waals surface area contributed by atoms with Gasteiger partial charge in [-0.3, -0.25) is 9.59 Å². The number of rotatable bonds is 5. The van der Waals surface area contributed by atoms with Crippen molar-refractivity contribution in [3.05, 3.63) is 78.4 Å². The third-order valence-electron chi connectivity index (χ3n) is 3.49. The van der Waals surface area contributed by atoms with Gasteiger partial charge < -0.3 is 10.1 Å². The SMILES string of the molecule is C=CCOc1ccc(C(=O)/C=C2/C(=O)Nc3ccccc32)cc1. The summed E-state index contributed by atoms with van der Waals surface area (Å²) in [6.45, 7) is 3.99. The molecule has 0 spiro atoms. The lowest BCUT2D eigenvalue weighted by Crippen LogP contribution is -2.06. The van der Waals surface area contributed by atoms with Crippen LogP contribution in [0.25, 0.3) is 5.57 Å². The van der Waals surface area contributed by atoms with Gasteiger partial charge >= 0.3 is 0 Å². The first-order valence-corrected chi connectivity index (χ1v) is 7.19. The van der Waals surface area contributed by atoms with Gasteiger partial charge in [-0.1, -0.05) is 30.9 Å². The van der Waals surface area contributed by atoms with E-state index in [1.54, 1.807) is 30.3 Å². The fourth-order valence-electron chi connectivity index (χ4n) is 2.37. The molecule has 0 unspecified atom stereocenters. The Kier molecular flexibility index (Phi) is 4.06. The van der Waals surface area contributed by atoms with Gasteiger partial charge in [-0.05, 0) is 36.4 Å². The number of para-hydroxylation sites is 1. The molecule has 2 aromatic rings. The normalized spacial score (nSPS) is 14.3. The smallest absolute Gasteiger partial charge is 0.256 e. The molecule has 1 amide bonds. The van der Waals surface area contributed by atoms with Crippen molar-refractivity contribution in [3.8, 4) is 5.75 Å². The van der Waals surface area contributed by atoms with Crippen LogP contribution in [0.15, 0.2) is 67.3 Å². The van der Waals surface area contributed by atoms with Crippen molar-refractivity contribution >= 4 is 23.0 Å². The van der Waals surface area contributed by atoms with Gasteiger partial charge in [0, 0.05) is 16.8 Å². The molecule has 1 aliphatic heterocycles. The summed E-state index contributed by atoms with van der Waals surface area (Å²) >= 11 is 0. The Balaban J connectivity index is 1.84. The van der Waals surface area contributed by atoms with Gasteiger partial charge in [0.1, 0.15) is 12.4 Å². The van der Waals surface area contributed by atoms with Gasteiger partial charge in [-0.2, -0.15) is 0 Å². The van der Waals surface area contributed by atoms with Gasteiger partial charge in [0.25, 0.3) is 5.91 Å². The van der Waals surface area contributed by atoms with Gasteiger partial charge in [0.2, 0.25) is 0 Å². The molecule has 0 fully saturated rings. The molecule has 0 aliphatic carbocycles. The number of carbonyl (C=O) groups is 2. The lowest BCUT2D eigenvalue weighted by Gasteiger charge is -2.03. The Hall–Kier alpha value is -3.14. The zero-order valence-corrected chi connectivity index (χ0v) is 12.4. The number of amides is 1. The number of ether oxygens (including phenoxy) is 1. The van der Waals surface area contributed by atoms with Gasteiger partial charge in [-0.25, -0.2) is 0 Å². The summed E-state index contributed by atoms with van der Waals surface area (Å²) in [5.41, 5.74) is 2.36. The Morgan fingerprint density at radius 2 is 1.87 bits per heavy atom. The van der Waals surface area contributed by atoms with E-state index < -0.39 is 0 Å². The molecular weight excluding hydrogens is 290 g/mol. The number of carbonyl (C=O) groups excluding carboxylic acids is 2. The lowest BCUT2D eigenvalue weighted by atomic mass is 10.0. The van der Waals surface area contributed by atoms with Crippen LogP contribution in [0.3, 0.4) is 0 Å². The molecule has 4 nitrogen and oxygen atoms in total. The second-order valence-corrected chi connectivity index (χ2v) is 5.05. The first kappa shape index (κ1) is 14.8. The maximum absolute atomic E-state index is 12.4. The topological polar surface area (TPSA) is 55.4 Å². The largest absolute Gasteiger partial charge is 0.490 e. The summed E-state index contributed by atoms with van der Waals surface area (Å²) in [6.07, 6.45) is 3.03. The fraction of sp³-hybridized carbons (Fsp3) is 0.0526. The number of fused-ring (bicyclic) bond motifs is 1. The second kappa shape index (κ2) is 6.32. The first-order chi connectivity index (χ1) is 11.2. The van der Waals surface area contributed by atoms with Crippen molar-refractivity contribution in [2.45, 2.75) is 0 Å². The molecule has 1 aliphatic rings. The number of anilines is 1. The minimum absolute atomic E-state index is 0.220. The van der Waals surface area contributed by atoms with E-state index in [0.717, 1.165) is 11.3 Å². The van der Waals surface area contributed by atoms with Crippen molar-refractivity contribution in [2.24, 2.45) is 0 Å². The van der Waals surface area contributed by atoms with Crippen LogP contribution in [0.5, 0.6) is 5.75 Å². The number of hydrogen-bond acceptors (Lipinski definition) is 3. The molecule has 0 atom stereocenters. The molecule has 0 bridgehead atoms. The monoisotopic (exact) mass is 305 g/mol. The van der Waals surface area contributed by atoms with E-state index in [0.29, 0.717) is 23.5 Å². The van der Waals surface area contributed by atoms with E-state index >= 15 is 0 Å². The molecule has 0 saturated heterocycles. The summed E-state index contributed by atoms with van der Waals surface area (Å²) in [7, 11) is 0. The Labute approximate surface area is 134 Å². The van der Waals surface area contributed by atoms with Crippen LogP contribution in [-0.4, -0.2) is 18.3 Å². The average molecular weight is 305 g/mol. The number of ketones is 1. The van der Waals surface area contributed by atoms with E-state index in [-0.39, 0.29) is 11.7 Å². The van der Waals surface area contributed by atoms with Crippen LogP contribution in [0, 0.1) is 0 Å². The van der Waals surface area contributed by atoms with Crippen LogP contribution < -0.4 is 10.1 Å². The predicted molar refractivity (Wildman–Crippen MR) is 89.5 cm³/mol. The maximum atomic E-state index is 12.4. The van der Waals surface area contributed by atoms with Crippen molar-refractivity contribution in [3.63, 3.8) is 0 Å². The van der Waals surface area contributed by atoms with Crippen LogP contribution >= 0.6 is 0 Å². The highest BCUT2D eigenvalue weighted by atomic mass is 16.5. The highest BCUT2D eigenvalue weighted by molar-refractivity contribution is 6.35. The summed E-state index contributed by atoms with van der Waals surface area (Å²) in [4.78, 5) is 24.4. The maximum Gasteiger partial charge on any atom is 0.256 e. The Morgan fingerprint density at radius 1 is 1.13 bits per heavy atom. The minimum atomic E-state index is -0.259. The highest BCUT2D eigenvalue weighted by Gasteiger charge is 2.24. The Morgan fingerprint density at radius 3 is 2.61 bits per heavy atom. The quantitative estimate of drug-likeness (QED) is 0.523. The highest BCUT2D eigenvalue weighted by Crippen LogP contribution is 2.31. The van der Waals surface area contributed by atoms with Gasteiger partial charge in [0.05, 0.1) is 5.57 Å². The first-order valence-electron chi connectivity index (χ1n) is 7.19. The predicted octanol–water partition coefficient (Wildman–Crippen LogP) is 3.47. The molecule has 23 heavy (non-hydrogen) atoms. The third-order valence-corrected chi connectivity index (χ3v) is 3.49. The van der Waals surface area contributed by atoms with E-state index in [1.165, 1.54) is 6.08 Å². The van der Waals surface area contributed by atoms with Crippen molar-refractivity contribution in [1.82, 2.24) is 0 Å². The molecular formula is C19H15NO3. The van der Waals surface area contributed by atoms with Crippen molar-refractivity contribution in [2.75, 3.05) is 11.9 Å². The molecule has 114 valence electrons. The van der Waals surface area contributed by atoms with E-state index in [9.17, 15) is 9.59 Å². The van der Waals surface area contributed by atoms with E-state index in [1.807, 2.05) is 24.3 Å². The third kappa shape index (κ3) is 3.06. The molecule has 2 aromatic carbocycles. The zero-order chi connectivity index (χ0) is 16.2. The lowest BCUT2D eigenvalue weighted by molar-refractivity contribution is -0.110. The number of nitrogens with one attached hydrogen (secondary N) is 1. The molecule has 4 heteroatoms. The molecule has 0 radical (unpaired) electrons. The number of hydrogen-bond donors (Lipinski definition) is 1. The fourth-order valence-corrected chi connectivity index (χ4v) is 2.37. The van der Waals surface area contributed by atoms with Crippen molar-refractivity contribution < 1.29 is 14.3 Å². The van der Waals surface area contributed by atoms with Crippen LogP contribution in [-0.2, 0) is 4.79 Å². The molecule has 0 aromatic heterocycles. The van der Waals surface area contributed by atoms with E-state index in [4.69, 9.17) is 4.74 Å². The van der Waals surface area contributed by atoms with E-state index in [2.05, 4.69) is 11.9 Å². The standard InChI is InChI=1S/C19H15NO3/c1-2-11-23-14-9-7-13(8-10-14)18(21)12-16-15-5-3-4-6-17(15)20-19(16)22/h2-10,12H,1,11H2,(H,20,22)/b16-12+.